The maximum atomic E-state index is 10.2. The van der Waals surface area contributed by atoms with Gasteiger partial charge >= 0.3 is 7.82 Å². The lowest BCUT2D eigenvalue weighted by Crippen LogP contribution is -2.00. The van der Waals surface area contributed by atoms with Gasteiger partial charge in [0.25, 0.3) is 0 Å². The van der Waals surface area contributed by atoms with E-state index in [0.717, 1.165) is 0 Å². The zero-order valence-corrected chi connectivity index (χ0v) is 7.55. The third-order valence-electron chi connectivity index (χ3n) is 1.19. The highest BCUT2D eigenvalue weighted by atomic mass is 31.2. The van der Waals surface area contributed by atoms with E-state index in [1.807, 2.05) is 0 Å². The maximum absolute atomic E-state index is 10.2. The second-order valence-corrected chi connectivity index (χ2v) is 3.43. The lowest BCUT2D eigenvalue weighted by molar-refractivity contribution is 0.0829. The lowest BCUT2D eigenvalue weighted by atomic mass is 10.3. The Morgan fingerprint density at radius 2 is 1.85 bits per heavy atom. The Bertz CT molecular complexity index is 293. The van der Waals surface area contributed by atoms with Gasteiger partial charge in [0.15, 0.2) is 6.79 Å². The molecule has 13 heavy (non-hydrogen) atoms. The molecule has 5 nitrogen and oxygen atoms in total. The summed E-state index contributed by atoms with van der Waals surface area (Å²) in [6.45, 7) is -0.464. The number of phosphoric acid groups is 1. The van der Waals surface area contributed by atoms with Crippen LogP contribution in [0.2, 0.25) is 0 Å². The van der Waals surface area contributed by atoms with Gasteiger partial charge in [0.1, 0.15) is 5.75 Å². The summed E-state index contributed by atoms with van der Waals surface area (Å²) >= 11 is 0. The Kier molecular flexibility index (Phi) is 3.45. The van der Waals surface area contributed by atoms with Crippen molar-refractivity contribution in [3.8, 4) is 5.75 Å². The van der Waals surface area contributed by atoms with Crippen LogP contribution in [0.1, 0.15) is 0 Å². The summed E-state index contributed by atoms with van der Waals surface area (Å²) in [5.74, 6) is 0.496. The van der Waals surface area contributed by atoms with Gasteiger partial charge in [-0.2, -0.15) is 0 Å². The minimum absolute atomic E-state index is 0.464. The van der Waals surface area contributed by atoms with Crippen LogP contribution in [-0.4, -0.2) is 16.6 Å². The van der Waals surface area contributed by atoms with E-state index in [1.54, 1.807) is 30.3 Å². The summed E-state index contributed by atoms with van der Waals surface area (Å²) in [7, 11) is -4.43. The van der Waals surface area contributed by atoms with Crippen LogP contribution in [-0.2, 0) is 9.09 Å². The summed E-state index contributed by atoms with van der Waals surface area (Å²) in [6.07, 6.45) is 0. The third kappa shape index (κ3) is 4.65. The minimum Gasteiger partial charge on any atom is -0.467 e. The molecule has 0 saturated carbocycles. The first kappa shape index (κ1) is 10.2. The highest BCUT2D eigenvalue weighted by Crippen LogP contribution is 2.35. The van der Waals surface area contributed by atoms with Crippen LogP contribution in [0, 0.1) is 0 Å². The van der Waals surface area contributed by atoms with Crippen molar-refractivity contribution in [2.24, 2.45) is 0 Å². The predicted octanol–water partition coefficient (Wildman–Crippen LogP) is 1.13. The Hall–Kier alpha value is -0.870. The molecule has 0 aromatic heterocycles. The largest absolute Gasteiger partial charge is 0.472 e. The van der Waals surface area contributed by atoms with E-state index in [0.29, 0.717) is 5.75 Å². The molecule has 0 fully saturated rings. The van der Waals surface area contributed by atoms with Crippen LogP contribution >= 0.6 is 7.82 Å². The van der Waals surface area contributed by atoms with E-state index in [-0.39, 0.29) is 0 Å². The molecule has 0 atom stereocenters. The van der Waals surface area contributed by atoms with Crippen molar-refractivity contribution < 1.29 is 23.6 Å². The van der Waals surface area contributed by atoms with Gasteiger partial charge in [0.05, 0.1) is 0 Å². The van der Waals surface area contributed by atoms with Gasteiger partial charge in [-0.3, -0.25) is 0 Å². The second-order valence-electron chi connectivity index (χ2n) is 2.19. The van der Waals surface area contributed by atoms with Crippen LogP contribution in [0.4, 0.5) is 0 Å². The number of phosphoric ester groups is 1. The zero-order valence-electron chi connectivity index (χ0n) is 6.66. The number of ether oxygens (including phenoxy) is 1. The third-order valence-corrected chi connectivity index (χ3v) is 1.63. The fraction of sp³-hybridized carbons (Fsp3) is 0.143. The van der Waals surface area contributed by atoms with Gasteiger partial charge in [-0.05, 0) is 12.1 Å². The molecule has 0 radical (unpaired) electrons. The van der Waals surface area contributed by atoms with Crippen LogP contribution in [0.25, 0.3) is 0 Å². The average Bonchev–Trinajstić information content (AvgIpc) is 2.04. The molecule has 0 aliphatic heterocycles. The van der Waals surface area contributed by atoms with Crippen molar-refractivity contribution in [3.63, 3.8) is 0 Å². The summed E-state index contributed by atoms with van der Waals surface area (Å²) < 4.78 is 19.2. The van der Waals surface area contributed by atoms with E-state index in [9.17, 15) is 4.57 Å². The normalized spacial score (nSPS) is 11.2. The summed E-state index contributed by atoms with van der Waals surface area (Å²) in [5.41, 5.74) is 0. The van der Waals surface area contributed by atoms with Gasteiger partial charge in [0.2, 0.25) is 0 Å². The van der Waals surface area contributed by atoms with E-state index in [4.69, 9.17) is 14.5 Å². The molecule has 0 bridgehead atoms. The first-order chi connectivity index (χ1) is 6.08. The molecule has 1 aromatic carbocycles. The van der Waals surface area contributed by atoms with Crippen LogP contribution < -0.4 is 4.74 Å². The smallest absolute Gasteiger partial charge is 0.467 e. The highest BCUT2D eigenvalue weighted by molar-refractivity contribution is 7.46. The van der Waals surface area contributed by atoms with Gasteiger partial charge < -0.3 is 14.5 Å². The van der Waals surface area contributed by atoms with Crippen molar-refractivity contribution in [1.82, 2.24) is 0 Å². The van der Waals surface area contributed by atoms with Gasteiger partial charge in [-0.15, -0.1) is 0 Å². The van der Waals surface area contributed by atoms with Crippen LogP contribution in [0.5, 0.6) is 5.75 Å². The molecule has 0 spiro atoms. The minimum atomic E-state index is -4.43. The molecule has 0 saturated heterocycles. The van der Waals surface area contributed by atoms with E-state index in [2.05, 4.69) is 4.52 Å². The topological polar surface area (TPSA) is 76.0 Å². The lowest BCUT2D eigenvalue weighted by Gasteiger charge is -2.06. The number of rotatable bonds is 4. The summed E-state index contributed by atoms with van der Waals surface area (Å²) in [6, 6.07) is 8.60. The Morgan fingerprint density at radius 3 is 2.38 bits per heavy atom. The molecule has 1 rings (SSSR count). The summed E-state index contributed by atoms with van der Waals surface area (Å²) in [5, 5.41) is 0. The molecule has 0 aliphatic carbocycles. The molecule has 1 aromatic rings. The van der Waals surface area contributed by atoms with Crippen LogP contribution in [0.3, 0.4) is 0 Å². The molecule has 2 N–H and O–H groups in total. The molecular formula is C7H9O5P. The molecule has 0 amide bonds. The Morgan fingerprint density at radius 1 is 1.23 bits per heavy atom. The summed E-state index contributed by atoms with van der Waals surface area (Å²) in [4.78, 5) is 16.6. The SMILES string of the molecule is O=P(O)(O)OCOc1ccccc1. The predicted molar refractivity (Wildman–Crippen MR) is 45.1 cm³/mol. The van der Waals surface area contributed by atoms with Gasteiger partial charge in [-0.25, -0.2) is 9.09 Å². The van der Waals surface area contributed by atoms with E-state index in [1.165, 1.54) is 0 Å². The average molecular weight is 204 g/mol. The number of benzene rings is 1. The van der Waals surface area contributed by atoms with Gasteiger partial charge in [0, 0.05) is 0 Å². The molecule has 0 aliphatic rings. The van der Waals surface area contributed by atoms with Crippen molar-refractivity contribution in [3.05, 3.63) is 30.3 Å². The second kappa shape index (κ2) is 4.39. The molecule has 0 heterocycles. The Labute approximate surface area is 75.2 Å². The molecule has 0 unspecified atom stereocenters. The molecular weight excluding hydrogens is 195 g/mol. The van der Waals surface area contributed by atoms with E-state index >= 15 is 0 Å². The Balaban J connectivity index is 2.33. The van der Waals surface area contributed by atoms with Crippen LogP contribution in [0.15, 0.2) is 30.3 Å². The van der Waals surface area contributed by atoms with E-state index < -0.39 is 14.6 Å². The van der Waals surface area contributed by atoms with Crippen molar-refractivity contribution in [2.45, 2.75) is 0 Å². The van der Waals surface area contributed by atoms with Crippen molar-refractivity contribution >= 4 is 7.82 Å². The molecule has 72 valence electrons. The number of hydrogen-bond acceptors (Lipinski definition) is 3. The zero-order chi connectivity index (χ0) is 9.73. The number of hydrogen-bond donors (Lipinski definition) is 2. The monoisotopic (exact) mass is 204 g/mol. The fourth-order valence-electron chi connectivity index (χ4n) is 0.680. The van der Waals surface area contributed by atoms with Gasteiger partial charge in [-0.1, -0.05) is 18.2 Å². The highest BCUT2D eigenvalue weighted by Gasteiger charge is 2.13. The maximum Gasteiger partial charge on any atom is 0.472 e. The quantitative estimate of drug-likeness (QED) is 0.568. The first-order valence-electron chi connectivity index (χ1n) is 3.46. The number of para-hydroxylation sites is 1. The van der Waals surface area contributed by atoms with Crippen molar-refractivity contribution in [1.29, 1.82) is 0 Å². The first-order valence-corrected chi connectivity index (χ1v) is 4.99. The fourth-order valence-corrected chi connectivity index (χ4v) is 0.870. The molecule has 6 heteroatoms. The van der Waals surface area contributed by atoms with Crippen molar-refractivity contribution in [2.75, 3.05) is 6.79 Å². The standard InChI is InChI=1S/C7H9O5P/c8-13(9,10)12-6-11-7-4-2-1-3-5-7/h1-5H,6H2,(H2,8,9,10).